The molecule has 3 N–H and O–H groups in total. The highest BCUT2D eigenvalue weighted by molar-refractivity contribution is 5.82. The number of amides is 1. The Balaban J connectivity index is 1.66. The fourth-order valence-corrected chi connectivity index (χ4v) is 3.27. The summed E-state index contributed by atoms with van der Waals surface area (Å²) in [6, 6.07) is 5.40. The van der Waals surface area contributed by atoms with Crippen molar-refractivity contribution >= 4 is 16.9 Å². The Morgan fingerprint density at radius 2 is 2.08 bits per heavy atom. The predicted octanol–water partition coefficient (Wildman–Crippen LogP) is 1.37. The highest BCUT2D eigenvalue weighted by Crippen LogP contribution is 2.26. The molecule has 1 amide bonds. The van der Waals surface area contributed by atoms with E-state index in [1.807, 2.05) is 42.8 Å². The molecule has 0 radical (unpaired) electrons. The van der Waals surface area contributed by atoms with Crippen LogP contribution in [0.3, 0.4) is 0 Å². The van der Waals surface area contributed by atoms with Crippen LogP contribution in [0.1, 0.15) is 26.7 Å². The Bertz CT molecular complexity index is 717. The van der Waals surface area contributed by atoms with Crippen molar-refractivity contribution in [2.24, 2.45) is 11.7 Å². The van der Waals surface area contributed by atoms with Gasteiger partial charge >= 0.3 is 0 Å². The first kappa shape index (κ1) is 16.9. The van der Waals surface area contributed by atoms with Crippen LogP contribution < -0.4 is 5.73 Å². The summed E-state index contributed by atoms with van der Waals surface area (Å²) < 4.78 is 2.04. The minimum atomic E-state index is -0.805. The molecule has 0 bridgehead atoms. The molecule has 6 nitrogen and oxygen atoms in total. The maximum Gasteiger partial charge on any atom is 0.239 e. The van der Waals surface area contributed by atoms with Crippen LogP contribution in [0.15, 0.2) is 30.6 Å². The van der Waals surface area contributed by atoms with Crippen LogP contribution in [-0.2, 0) is 11.3 Å². The van der Waals surface area contributed by atoms with Gasteiger partial charge in [-0.05, 0) is 37.0 Å². The lowest BCUT2D eigenvalue weighted by molar-refractivity contribution is -0.138. The molecule has 1 atom stereocenters. The molecule has 2 aromatic rings. The van der Waals surface area contributed by atoms with Gasteiger partial charge in [0.15, 0.2) is 0 Å². The summed E-state index contributed by atoms with van der Waals surface area (Å²) in [5.41, 5.74) is 7.11. The van der Waals surface area contributed by atoms with E-state index < -0.39 is 11.6 Å². The van der Waals surface area contributed by atoms with E-state index in [-0.39, 0.29) is 11.8 Å². The van der Waals surface area contributed by atoms with E-state index in [4.69, 9.17) is 5.73 Å². The average molecular weight is 330 g/mol. The van der Waals surface area contributed by atoms with E-state index in [1.165, 1.54) is 0 Å². The number of fused-ring (bicyclic) bond motifs is 1. The van der Waals surface area contributed by atoms with Crippen LogP contribution in [0.5, 0.6) is 0 Å². The molecule has 1 aliphatic rings. The molecule has 1 unspecified atom stereocenters. The Labute approximate surface area is 142 Å². The van der Waals surface area contributed by atoms with E-state index in [0.29, 0.717) is 32.5 Å². The van der Waals surface area contributed by atoms with Gasteiger partial charge in [-0.2, -0.15) is 0 Å². The standard InChI is InChI=1S/C18H26N4O2/c1-13(2)16(19)17(23)21-10-6-18(24,7-11-21)12-22-9-5-14-15(22)4-3-8-20-14/h3-5,8-9,13,16,24H,6-7,10-12,19H2,1-2H3. The minimum absolute atomic E-state index is 0.0114. The highest BCUT2D eigenvalue weighted by atomic mass is 16.3. The maximum atomic E-state index is 12.3. The van der Waals surface area contributed by atoms with Crippen LogP contribution in [-0.4, -0.2) is 50.2 Å². The summed E-state index contributed by atoms with van der Waals surface area (Å²) in [6.45, 7) is 5.52. The second-order valence-electron chi connectivity index (χ2n) is 7.17. The quantitative estimate of drug-likeness (QED) is 0.887. The van der Waals surface area contributed by atoms with Crippen molar-refractivity contribution in [2.45, 2.75) is 44.9 Å². The number of hydrogen-bond acceptors (Lipinski definition) is 4. The molecule has 0 aromatic carbocycles. The zero-order valence-electron chi connectivity index (χ0n) is 14.4. The fraction of sp³-hybridized carbons (Fsp3) is 0.556. The number of likely N-dealkylation sites (tertiary alicyclic amines) is 1. The molecule has 3 rings (SSSR count). The second-order valence-corrected chi connectivity index (χ2v) is 7.17. The van der Waals surface area contributed by atoms with Gasteiger partial charge in [-0.25, -0.2) is 0 Å². The third kappa shape index (κ3) is 3.30. The number of carbonyl (C=O) groups is 1. The van der Waals surface area contributed by atoms with Crippen molar-refractivity contribution in [3.63, 3.8) is 0 Å². The van der Waals surface area contributed by atoms with Crippen LogP contribution >= 0.6 is 0 Å². The first-order chi connectivity index (χ1) is 11.4. The molecular formula is C18H26N4O2. The highest BCUT2D eigenvalue weighted by Gasteiger charge is 2.36. The number of rotatable bonds is 4. The number of piperidine rings is 1. The molecule has 0 spiro atoms. The fourth-order valence-electron chi connectivity index (χ4n) is 3.27. The number of aliphatic hydroxyl groups is 1. The Kier molecular flexibility index (Phi) is 4.60. The normalized spacial score (nSPS) is 19.0. The lowest BCUT2D eigenvalue weighted by Crippen LogP contribution is -2.53. The number of hydrogen-bond donors (Lipinski definition) is 2. The largest absolute Gasteiger partial charge is 0.388 e. The summed E-state index contributed by atoms with van der Waals surface area (Å²) in [5.74, 6) is 0.111. The van der Waals surface area contributed by atoms with E-state index in [1.54, 1.807) is 11.1 Å². The van der Waals surface area contributed by atoms with Gasteiger partial charge in [-0.15, -0.1) is 0 Å². The van der Waals surface area contributed by atoms with Crippen LogP contribution in [0, 0.1) is 5.92 Å². The number of aromatic nitrogens is 2. The van der Waals surface area contributed by atoms with Crippen LogP contribution in [0.25, 0.3) is 11.0 Å². The van der Waals surface area contributed by atoms with Gasteiger partial charge in [0.2, 0.25) is 5.91 Å². The SMILES string of the molecule is CC(C)C(N)C(=O)N1CCC(O)(Cn2ccc3ncccc32)CC1. The van der Waals surface area contributed by atoms with Gasteiger partial charge in [0.25, 0.3) is 0 Å². The van der Waals surface area contributed by atoms with E-state index in [0.717, 1.165) is 11.0 Å². The molecule has 1 saturated heterocycles. The predicted molar refractivity (Wildman–Crippen MR) is 93.3 cm³/mol. The number of pyridine rings is 1. The van der Waals surface area contributed by atoms with Crippen molar-refractivity contribution in [1.82, 2.24) is 14.5 Å². The van der Waals surface area contributed by atoms with Crippen LogP contribution in [0.4, 0.5) is 0 Å². The first-order valence-corrected chi connectivity index (χ1v) is 8.56. The van der Waals surface area contributed by atoms with Crippen molar-refractivity contribution in [1.29, 1.82) is 0 Å². The third-order valence-electron chi connectivity index (χ3n) is 5.01. The molecular weight excluding hydrogens is 304 g/mol. The average Bonchev–Trinajstić information content (AvgIpc) is 2.97. The molecule has 6 heteroatoms. The monoisotopic (exact) mass is 330 g/mol. The Morgan fingerprint density at radius 3 is 2.75 bits per heavy atom. The molecule has 2 aromatic heterocycles. The number of nitrogens with two attached hydrogens (primary N) is 1. The third-order valence-corrected chi connectivity index (χ3v) is 5.01. The minimum Gasteiger partial charge on any atom is -0.388 e. The first-order valence-electron chi connectivity index (χ1n) is 8.56. The van der Waals surface area contributed by atoms with E-state index >= 15 is 0 Å². The summed E-state index contributed by atoms with van der Waals surface area (Å²) >= 11 is 0. The molecule has 130 valence electrons. The van der Waals surface area contributed by atoms with Gasteiger partial charge in [-0.3, -0.25) is 9.78 Å². The van der Waals surface area contributed by atoms with Crippen molar-refractivity contribution < 1.29 is 9.90 Å². The molecule has 1 fully saturated rings. The Hall–Kier alpha value is -1.92. The molecule has 1 aliphatic heterocycles. The smallest absolute Gasteiger partial charge is 0.239 e. The van der Waals surface area contributed by atoms with Crippen molar-refractivity contribution in [3.8, 4) is 0 Å². The molecule has 0 aliphatic carbocycles. The van der Waals surface area contributed by atoms with Gasteiger partial charge in [0.05, 0.1) is 29.2 Å². The van der Waals surface area contributed by atoms with Crippen molar-refractivity contribution in [2.75, 3.05) is 13.1 Å². The van der Waals surface area contributed by atoms with Gasteiger partial charge in [0, 0.05) is 25.5 Å². The number of nitrogens with zero attached hydrogens (tertiary/aromatic N) is 3. The van der Waals surface area contributed by atoms with Gasteiger partial charge in [0.1, 0.15) is 0 Å². The lowest BCUT2D eigenvalue weighted by atomic mass is 9.90. The van der Waals surface area contributed by atoms with E-state index in [2.05, 4.69) is 4.98 Å². The molecule has 3 heterocycles. The summed E-state index contributed by atoms with van der Waals surface area (Å²) in [5, 5.41) is 10.9. The summed E-state index contributed by atoms with van der Waals surface area (Å²) in [4.78, 5) is 18.5. The summed E-state index contributed by atoms with van der Waals surface area (Å²) in [6.07, 6.45) is 4.85. The topological polar surface area (TPSA) is 84.4 Å². The molecule has 0 saturated carbocycles. The lowest BCUT2D eigenvalue weighted by Gasteiger charge is -2.39. The zero-order chi connectivity index (χ0) is 17.3. The second kappa shape index (κ2) is 6.53. The summed E-state index contributed by atoms with van der Waals surface area (Å²) in [7, 11) is 0. The van der Waals surface area contributed by atoms with Crippen LogP contribution in [0.2, 0.25) is 0 Å². The van der Waals surface area contributed by atoms with E-state index in [9.17, 15) is 9.90 Å². The maximum absolute atomic E-state index is 12.3. The molecule has 24 heavy (non-hydrogen) atoms. The number of carbonyl (C=O) groups excluding carboxylic acids is 1. The van der Waals surface area contributed by atoms with Gasteiger partial charge < -0.3 is 20.3 Å². The van der Waals surface area contributed by atoms with Gasteiger partial charge in [-0.1, -0.05) is 13.8 Å². The van der Waals surface area contributed by atoms with Crippen molar-refractivity contribution in [3.05, 3.63) is 30.6 Å². The zero-order valence-corrected chi connectivity index (χ0v) is 14.4. The Morgan fingerprint density at radius 1 is 1.38 bits per heavy atom.